The first kappa shape index (κ1) is 19.2. The summed E-state index contributed by atoms with van der Waals surface area (Å²) in [4.78, 5) is 43.8. The molecule has 2 N–H and O–H groups in total. The van der Waals surface area contributed by atoms with Crippen molar-refractivity contribution in [3.05, 3.63) is 58.1 Å². The van der Waals surface area contributed by atoms with Gasteiger partial charge >= 0.3 is 5.97 Å². The highest BCUT2D eigenvalue weighted by Gasteiger charge is 2.18. The molecule has 2 heterocycles. The molecule has 0 radical (unpaired) electrons. The van der Waals surface area contributed by atoms with Gasteiger partial charge in [-0.2, -0.15) is 4.98 Å². The van der Waals surface area contributed by atoms with Crippen LogP contribution < -0.4 is 10.9 Å². The lowest BCUT2D eigenvalue weighted by molar-refractivity contribution is -0.125. The number of fused-ring (bicyclic) bond motifs is 1. The number of carbonyl (C=O) groups excluding carboxylic acids is 3. The smallest absolute Gasteiger partial charge is 0.378 e. The molecule has 1 aromatic carbocycles. The van der Waals surface area contributed by atoms with Crippen LogP contribution in [0.2, 0.25) is 5.02 Å². The molecule has 10 nitrogen and oxygen atoms in total. The van der Waals surface area contributed by atoms with Crippen LogP contribution in [0.25, 0.3) is 5.78 Å². The van der Waals surface area contributed by atoms with E-state index in [1.54, 1.807) is 32.0 Å². The molecule has 0 saturated heterocycles. The maximum atomic E-state index is 12.0. The van der Waals surface area contributed by atoms with Gasteiger partial charge in [-0.15, -0.1) is 5.10 Å². The van der Waals surface area contributed by atoms with Gasteiger partial charge in [0.1, 0.15) is 0 Å². The maximum absolute atomic E-state index is 12.0. The van der Waals surface area contributed by atoms with Crippen molar-refractivity contribution in [3.63, 3.8) is 0 Å². The van der Waals surface area contributed by atoms with Crippen LogP contribution in [0.4, 0.5) is 0 Å². The van der Waals surface area contributed by atoms with Crippen molar-refractivity contribution in [2.75, 3.05) is 6.61 Å². The molecule has 0 fully saturated rings. The van der Waals surface area contributed by atoms with E-state index in [1.165, 1.54) is 16.6 Å². The van der Waals surface area contributed by atoms with E-state index in [4.69, 9.17) is 16.3 Å². The van der Waals surface area contributed by atoms with Crippen LogP contribution in [-0.4, -0.2) is 44.0 Å². The number of hydrazine groups is 1. The summed E-state index contributed by atoms with van der Waals surface area (Å²) in [6.07, 6.45) is 0. The summed E-state index contributed by atoms with van der Waals surface area (Å²) in [5.74, 6) is -2.13. The fourth-order valence-corrected chi connectivity index (χ4v) is 2.41. The molecule has 0 unspecified atom stereocenters. The Morgan fingerprint density at radius 1 is 1.11 bits per heavy atom. The number of aryl methyl sites for hydroxylation is 2. The molecule has 144 valence electrons. The van der Waals surface area contributed by atoms with Gasteiger partial charge in [-0.3, -0.25) is 20.4 Å². The van der Waals surface area contributed by atoms with Gasteiger partial charge < -0.3 is 4.74 Å². The molecule has 3 rings (SSSR count). The molecule has 0 spiro atoms. The first-order valence-electron chi connectivity index (χ1n) is 8.06. The third kappa shape index (κ3) is 4.41. The van der Waals surface area contributed by atoms with E-state index in [9.17, 15) is 14.4 Å². The Bertz CT molecular complexity index is 1060. The largest absolute Gasteiger partial charge is 0.450 e. The van der Waals surface area contributed by atoms with Crippen LogP contribution in [0, 0.1) is 13.8 Å². The minimum absolute atomic E-state index is 0.223. The number of carbonyl (C=O) groups is 3. The number of nitrogens with zero attached hydrogens (tertiary/aromatic N) is 4. The maximum Gasteiger partial charge on any atom is 0.378 e. The van der Waals surface area contributed by atoms with Gasteiger partial charge in [0.15, 0.2) is 6.61 Å². The summed E-state index contributed by atoms with van der Waals surface area (Å²) in [6, 6.07) is 7.86. The highest BCUT2D eigenvalue weighted by atomic mass is 35.5. The van der Waals surface area contributed by atoms with Crippen molar-refractivity contribution in [2.45, 2.75) is 13.8 Å². The number of benzene rings is 1. The molecule has 2 amide bonds. The Labute approximate surface area is 163 Å². The van der Waals surface area contributed by atoms with E-state index in [-0.39, 0.29) is 11.6 Å². The topological polar surface area (TPSA) is 128 Å². The Morgan fingerprint density at radius 3 is 2.54 bits per heavy atom. The SMILES string of the molecule is Cc1cc(C)n2nc(C(=O)OCC(=O)NNC(=O)c3ccc(Cl)cc3)nc2n1. The second-order valence-electron chi connectivity index (χ2n) is 5.77. The van der Waals surface area contributed by atoms with Gasteiger partial charge in [0.25, 0.3) is 23.4 Å². The van der Waals surface area contributed by atoms with Crippen LogP contribution in [0.5, 0.6) is 0 Å². The van der Waals surface area contributed by atoms with Gasteiger partial charge in [0, 0.05) is 22.0 Å². The van der Waals surface area contributed by atoms with E-state index >= 15 is 0 Å². The van der Waals surface area contributed by atoms with Crippen LogP contribution >= 0.6 is 11.6 Å². The van der Waals surface area contributed by atoms with Crippen LogP contribution in [0.1, 0.15) is 32.4 Å². The van der Waals surface area contributed by atoms with Gasteiger partial charge in [-0.1, -0.05) is 11.6 Å². The molecule has 0 atom stereocenters. The predicted octanol–water partition coefficient (Wildman–Crippen LogP) is 1.01. The molecular formula is C17H15ClN6O4. The number of amides is 2. The third-order valence-corrected chi connectivity index (χ3v) is 3.81. The monoisotopic (exact) mass is 402 g/mol. The number of rotatable bonds is 4. The van der Waals surface area contributed by atoms with Crippen molar-refractivity contribution in [1.29, 1.82) is 0 Å². The Kier molecular flexibility index (Phi) is 5.50. The lowest BCUT2D eigenvalue weighted by Gasteiger charge is -2.07. The van der Waals surface area contributed by atoms with Crippen LogP contribution in [0.3, 0.4) is 0 Å². The number of hydrogen-bond acceptors (Lipinski definition) is 7. The lowest BCUT2D eigenvalue weighted by Crippen LogP contribution is -2.43. The first-order valence-corrected chi connectivity index (χ1v) is 8.44. The van der Waals surface area contributed by atoms with E-state index in [0.717, 1.165) is 11.4 Å². The van der Waals surface area contributed by atoms with Gasteiger partial charge in [0.05, 0.1) is 0 Å². The fourth-order valence-electron chi connectivity index (χ4n) is 2.28. The van der Waals surface area contributed by atoms with Crippen molar-refractivity contribution in [2.24, 2.45) is 0 Å². The second-order valence-corrected chi connectivity index (χ2v) is 6.21. The van der Waals surface area contributed by atoms with Gasteiger partial charge in [0.2, 0.25) is 0 Å². The summed E-state index contributed by atoms with van der Waals surface area (Å²) in [5, 5.41) is 4.49. The fraction of sp³-hybridized carbons (Fsp3) is 0.176. The Balaban J connectivity index is 1.53. The molecule has 28 heavy (non-hydrogen) atoms. The van der Waals surface area contributed by atoms with E-state index < -0.39 is 24.4 Å². The Hall–Kier alpha value is -3.53. The van der Waals surface area contributed by atoms with Crippen molar-refractivity contribution in [1.82, 2.24) is 30.4 Å². The molecule has 0 bridgehead atoms. The number of ether oxygens (including phenoxy) is 1. The number of aromatic nitrogens is 4. The molecule has 3 aromatic rings. The summed E-state index contributed by atoms with van der Waals surface area (Å²) in [7, 11) is 0. The highest BCUT2D eigenvalue weighted by molar-refractivity contribution is 6.30. The number of esters is 1. The predicted molar refractivity (Wildman–Crippen MR) is 97.6 cm³/mol. The molecule has 0 saturated carbocycles. The summed E-state index contributed by atoms with van der Waals surface area (Å²) >= 11 is 5.74. The quantitative estimate of drug-likeness (QED) is 0.492. The van der Waals surface area contributed by atoms with E-state index in [2.05, 4.69) is 25.9 Å². The molecule has 0 aliphatic rings. The summed E-state index contributed by atoms with van der Waals surface area (Å²) < 4.78 is 6.26. The zero-order valence-corrected chi connectivity index (χ0v) is 15.6. The third-order valence-electron chi connectivity index (χ3n) is 3.56. The van der Waals surface area contributed by atoms with Crippen LogP contribution in [0.15, 0.2) is 30.3 Å². The Morgan fingerprint density at radius 2 is 1.82 bits per heavy atom. The molecule has 0 aliphatic heterocycles. The summed E-state index contributed by atoms with van der Waals surface area (Å²) in [5.41, 5.74) is 6.11. The number of halogens is 1. The molecular weight excluding hydrogens is 388 g/mol. The standard InChI is InChI=1S/C17H15ClN6O4/c1-9-7-10(2)24-17(19-9)20-14(23-24)16(27)28-8-13(25)21-22-15(26)11-3-5-12(18)6-4-11/h3-7H,8H2,1-2H3,(H,21,25)(H,22,26). The van der Waals surface area contributed by atoms with Crippen LogP contribution in [-0.2, 0) is 9.53 Å². The second kappa shape index (κ2) is 8.01. The minimum Gasteiger partial charge on any atom is -0.450 e. The minimum atomic E-state index is -0.887. The first-order chi connectivity index (χ1) is 13.3. The van der Waals surface area contributed by atoms with Gasteiger partial charge in [-0.05, 0) is 44.2 Å². The molecule has 2 aromatic heterocycles. The zero-order chi connectivity index (χ0) is 20.3. The lowest BCUT2D eigenvalue weighted by atomic mass is 10.2. The zero-order valence-electron chi connectivity index (χ0n) is 14.9. The van der Waals surface area contributed by atoms with E-state index in [0.29, 0.717) is 10.6 Å². The van der Waals surface area contributed by atoms with Crippen molar-refractivity contribution >= 4 is 35.2 Å². The normalized spacial score (nSPS) is 10.5. The molecule has 11 heteroatoms. The van der Waals surface area contributed by atoms with Crippen molar-refractivity contribution < 1.29 is 19.1 Å². The average molecular weight is 403 g/mol. The number of hydrogen-bond donors (Lipinski definition) is 2. The van der Waals surface area contributed by atoms with Crippen molar-refractivity contribution in [3.8, 4) is 0 Å². The summed E-state index contributed by atoms with van der Waals surface area (Å²) in [6.45, 7) is 2.96. The highest BCUT2D eigenvalue weighted by Crippen LogP contribution is 2.09. The average Bonchev–Trinajstić information content (AvgIpc) is 3.09. The van der Waals surface area contributed by atoms with Gasteiger partial charge in [-0.25, -0.2) is 14.3 Å². The van der Waals surface area contributed by atoms with E-state index in [1.807, 2.05) is 0 Å². The number of nitrogens with one attached hydrogen (secondary N) is 2. The molecule has 0 aliphatic carbocycles.